The van der Waals surface area contributed by atoms with E-state index in [1.165, 1.54) is 0 Å². The molecule has 17 heavy (non-hydrogen) atoms. The smallest absolute Gasteiger partial charge is 0.350 e. The monoisotopic (exact) mass is 237 g/mol. The molecule has 0 spiro atoms. The average Bonchev–Trinajstić information content (AvgIpc) is 2.55. The molecule has 0 aromatic carbocycles. The van der Waals surface area contributed by atoms with Gasteiger partial charge in [-0.25, -0.2) is 9.59 Å². The fraction of sp³-hybridized carbons (Fsp3) is 0.400. The van der Waals surface area contributed by atoms with Crippen LogP contribution in [0.3, 0.4) is 0 Å². The van der Waals surface area contributed by atoms with E-state index in [1.54, 1.807) is 19.9 Å². The van der Waals surface area contributed by atoms with Crippen molar-refractivity contribution in [2.45, 2.75) is 19.9 Å². The van der Waals surface area contributed by atoms with Crippen LogP contribution in [0.15, 0.2) is 11.3 Å². The summed E-state index contributed by atoms with van der Waals surface area (Å²) in [6.07, 6.45) is 0. The van der Waals surface area contributed by atoms with Crippen molar-refractivity contribution in [2.24, 2.45) is 0 Å². The third kappa shape index (κ3) is 2.10. The minimum absolute atomic E-state index is 0.335. The summed E-state index contributed by atoms with van der Waals surface area (Å²) in [5, 5.41) is 11.0. The molecule has 0 unspecified atom stereocenters. The van der Waals surface area contributed by atoms with Gasteiger partial charge in [-0.15, -0.1) is 0 Å². The van der Waals surface area contributed by atoms with E-state index in [1.807, 2.05) is 0 Å². The number of urea groups is 1. The summed E-state index contributed by atoms with van der Waals surface area (Å²) < 4.78 is 4.35. The molecule has 1 N–H and O–H groups in total. The molecule has 3 amide bonds. The molecule has 7 nitrogen and oxygen atoms in total. The van der Waals surface area contributed by atoms with Gasteiger partial charge in [-0.05, 0) is 13.8 Å². The van der Waals surface area contributed by atoms with Crippen molar-refractivity contribution in [3.63, 3.8) is 0 Å². The quantitative estimate of drug-likeness (QED) is 0.313. The van der Waals surface area contributed by atoms with Crippen LogP contribution in [-0.4, -0.2) is 36.0 Å². The molecule has 0 bridgehead atoms. The third-order valence-corrected chi connectivity index (χ3v) is 2.15. The van der Waals surface area contributed by atoms with Gasteiger partial charge in [-0.1, -0.05) is 0 Å². The Bertz CT molecular complexity index is 459. The van der Waals surface area contributed by atoms with Gasteiger partial charge in [0.05, 0.1) is 7.11 Å². The summed E-state index contributed by atoms with van der Waals surface area (Å²) in [6, 6.07) is 0.529. The molecule has 1 aliphatic heterocycles. The van der Waals surface area contributed by atoms with Crippen molar-refractivity contribution in [3.05, 3.63) is 11.3 Å². The first kappa shape index (κ1) is 12.7. The average molecular weight is 237 g/mol. The number of esters is 1. The van der Waals surface area contributed by atoms with Gasteiger partial charge in [0, 0.05) is 6.04 Å². The number of amides is 3. The SMILES string of the molecule is COC(=O)/C(C#N)=C1\NC(=O)N(C(C)C)C1=O. The van der Waals surface area contributed by atoms with Gasteiger partial charge in [-0.3, -0.25) is 9.69 Å². The summed E-state index contributed by atoms with van der Waals surface area (Å²) in [5.74, 6) is -1.66. The van der Waals surface area contributed by atoms with Crippen molar-refractivity contribution >= 4 is 17.9 Å². The van der Waals surface area contributed by atoms with E-state index >= 15 is 0 Å². The zero-order valence-electron chi connectivity index (χ0n) is 9.60. The maximum Gasteiger partial charge on any atom is 0.350 e. The van der Waals surface area contributed by atoms with Gasteiger partial charge in [0.15, 0.2) is 5.57 Å². The van der Waals surface area contributed by atoms with Crippen molar-refractivity contribution in [3.8, 4) is 6.07 Å². The number of hydrogen-bond acceptors (Lipinski definition) is 5. The fourth-order valence-corrected chi connectivity index (χ4v) is 1.38. The van der Waals surface area contributed by atoms with E-state index in [9.17, 15) is 14.4 Å². The minimum atomic E-state index is -0.957. The van der Waals surface area contributed by atoms with Gasteiger partial charge >= 0.3 is 12.0 Å². The molecule has 0 radical (unpaired) electrons. The Morgan fingerprint density at radius 1 is 1.47 bits per heavy atom. The van der Waals surface area contributed by atoms with E-state index in [0.717, 1.165) is 12.0 Å². The Morgan fingerprint density at radius 2 is 2.06 bits per heavy atom. The van der Waals surface area contributed by atoms with E-state index in [2.05, 4.69) is 10.1 Å². The standard InChI is InChI=1S/C10H11N3O4/c1-5(2)13-8(14)7(12-10(13)16)6(4-11)9(15)17-3/h5H,1-3H3,(H,12,16)/b7-6-. The van der Waals surface area contributed by atoms with Gasteiger partial charge in [0.25, 0.3) is 5.91 Å². The molecule has 0 atom stereocenters. The van der Waals surface area contributed by atoms with E-state index in [0.29, 0.717) is 0 Å². The predicted octanol–water partition coefficient (Wildman–Crippen LogP) is -0.103. The molecular formula is C10H11N3O4. The summed E-state index contributed by atoms with van der Waals surface area (Å²) in [4.78, 5) is 35.4. The lowest BCUT2D eigenvalue weighted by Gasteiger charge is -2.15. The van der Waals surface area contributed by atoms with E-state index in [4.69, 9.17) is 5.26 Å². The maximum atomic E-state index is 11.8. The molecule has 1 rings (SSSR count). The van der Waals surface area contributed by atoms with Crippen LogP contribution in [0, 0.1) is 11.3 Å². The van der Waals surface area contributed by atoms with Gasteiger partial charge in [0.2, 0.25) is 0 Å². The number of carbonyl (C=O) groups excluding carboxylic acids is 3. The summed E-state index contributed by atoms with van der Waals surface area (Å²) in [7, 11) is 1.09. The van der Waals surface area contributed by atoms with Crippen LogP contribution in [0.25, 0.3) is 0 Å². The second-order valence-electron chi connectivity index (χ2n) is 3.55. The molecule has 1 fully saturated rings. The molecule has 0 aromatic heterocycles. The van der Waals surface area contributed by atoms with Crippen LogP contribution in [0.2, 0.25) is 0 Å². The zero-order chi connectivity index (χ0) is 13.2. The van der Waals surface area contributed by atoms with Gasteiger partial charge in [0.1, 0.15) is 11.8 Å². The Kier molecular flexibility index (Phi) is 3.48. The molecule has 0 aliphatic carbocycles. The van der Waals surface area contributed by atoms with Crippen molar-refractivity contribution < 1.29 is 19.1 Å². The highest BCUT2D eigenvalue weighted by Crippen LogP contribution is 2.16. The van der Waals surface area contributed by atoms with Crippen LogP contribution in [0.4, 0.5) is 4.79 Å². The highest BCUT2D eigenvalue weighted by molar-refractivity contribution is 6.16. The first-order chi connectivity index (χ1) is 7.93. The van der Waals surface area contributed by atoms with Crippen LogP contribution in [-0.2, 0) is 14.3 Å². The summed E-state index contributed by atoms with van der Waals surface area (Å²) in [5.41, 5.74) is -0.841. The lowest BCUT2D eigenvalue weighted by molar-refractivity contribution is -0.136. The molecule has 0 saturated carbocycles. The number of carbonyl (C=O) groups is 3. The van der Waals surface area contributed by atoms with Crippen molar-refractivity contribution in [1.82, 2.24) is 10.2 Å². The fourth-order valence-electron chi connectivity index (χ4n) is 1.38. The number of nitrogens with one attached hydrogen (secondary N) is 1. The van der Waals surface area contributed by atoms with Gasteiger partial charge < -0.3 is 10.1 Å². The van der Waals surface area contributed by atoms with Gasteiger partial charge in [-0.2, -0.15) is 5.26 Å². The predicted molar refractivity (Wildman–Crippen MR) is 55.2 cm³/mol. The molecule has 0 aromatic rings. The van der Waals surface area contributed by atoms with Crippen molar-refractivity contribution in [1.29, 1.82) is 5.26 Å². The molecule has 7 heteroatoms. The van der Waals surface area contributed by atoms with Crippen LogP contribution < -0.4 is 5.32 Å². The normalized spacial score (nSPS) is 17.9. The number of methoxy groups -OCH3 is 1. The largest absolute Gasteiger partial charge is 0.465 e. The topological polar surface area (TPSA) is 99.5 Å². The Hall–Kier alpha value is -2.36. The van der Waals surface area contributed by atoms with Crippen LogP contribution in [0.1, 0.15) is 13.8 Å². The van der Waals surface area contributed by atoms with Crippen LogP contribution in [0.5, 0.6) is 0 Å². The van der Waals surface area contributed by atoms with Crippen LogP contribution >= 0.6 is 0 Å². The third-order valence-electron chi connectivity index (χ3n) is 2.15. The second kappa shape index (κ2) is 4.65. The lowest BCUT2D eigenvalue weighted by Crippen LogP contribution is -2.36. The van der Waals surface area contributed by atoms with E-state index in [-0.39, 0.29) is 11.7 Å². The molecule has 1 aliphatic rings. The number of nitriles is 1. The Balaban J connectivity index is 3.23. The maximum absolute atomic E-state index is 11.8. The lowest BCUT2D eigenvalue weighted by atomic mass is 10.2. The zero-order valence-corrected chi connectivity index (χ0v) is 9.60. The molecular weight excluding hydrogens is 226 g/mol. The first-order valence-electron chi connectivity index (χ1n) is 4.81. The molecule has 1 saturated heterocycles. The highest BCUT2D eigenvalue weighted by Gasteiger charge is 2.39. The minimum Gasteiger partial charge on any atom is -0.465 e. The number of ether oxygens (including phenoxy) is 1. The summed E-state index contributed by atoms with van der Waals surface area (Å²) in [6.45, 7) is 3.29. The van der Waals surface area contributed by atoms with Crippen molar-refractivity contribution in [2.75, 3.05) is 7.11 Å². The number of imide groups is 1. The second-order valence-corrected chi connectivity index (χ2v) is 3.55. The van der Waals surface area contributed by atoms with E-state index < -0.39 is 23.5 Å². The Labute approximate surface area is 97.6 Å². The molecule has 1 heterocycles. The molecule has 90 valence electrons. The number of nitrogens with zero attached hydrogens (tertiary/aromatic N) is 2. The summed E-state index contributed by atoms with van der Waals surface area (Å²) >= 11 is 0. The number of hydrogen-bond donors (Lipinski definition) is 1. The Morgan fingerprint density at radius 3 is 2.41 bits per heavy atom. The highest BCUT2D eigenvalue weighted by atomic mass is 16.5. The number of rotatable bonds is 2. The first-order valence-corrected chi connectivity index (χ1v) is 4.81.